The Morgan fingerprint density at radius 1 is 1.41 bits per heavy atom. The molecule has 1 atom stereocenters. The van der Waals surface area contributed by atoms with Gasteiger partial charge in [0, 0.05) is 23.6 Å². The maximum Gasteiger partial charge on any atom is 0.270 e. The Labute approximate surface area is 165 Å². The van der Waals surface area contributed by atoms with Crippen LogP contribution in [0.3, 0.4) is 0 Å². The van der Waals surface area contributed by atoms with E-state index in [4.69, 9.17) is 10.9 Å². The third-order valence-electron chi connectivity index (χ3n) is 4.35. The molecule has 0 saturated heterocycles. The van der Waals surface area contributed by atoms with Crippen LogP contribution in [0.25, 0.3) is 11.3 Å². The highest BCUT2D eigenvalue weighted by Gasteiger charge is 2.32. The van der Waals surface area contributed by atoms with Crippen LogP contribution in [0.4, 0.5) is 0 Å². The molecule has 27 heavy (non-hydrogen) atoms. The quantitative estimate of drug-likeness (QED) is 0.586. The number of aryl methyl sites for hydroxylation is 1. The monoisotopic (exact) mass is 427 g/mol. The van der Waals surface area contributed by atoms with Gasteiger partial charge in [0.2, 0.25) is 0 Å². The van der Waals surface area contributed by atoms with Crippen molar-refractivity contribution in [2.45, 2.75) is 6.92 Å². The van der Waals surface area contributed by atoms with Gasteiger partial charge in [-0.15, -0.1) is 6.42 Å². The van der Waals surface area contributed by atoms with Gasteiger partial charge in [0.25, 0.3) is 5.91 Å². The first kappa shape index (κ1) is 18.9. The fraction of sp³-hybridized carbons (Fsp3) is 0.250. The van der Waals surface area contributed by atoms with Crippen molar-refractivity contribution in [2.24, 2.45) is 5.92 Å². The van der Waals surface area contributed by atoms with E-state index in [2.05, 4.69) is 32.3 Å². The van der Waals surface area contributed by atoms with Crippen LogP contribution >= 0.6 is 15.9 Å². The fourth-order valence-electron chi connectivity index (χ4n) is 2.92. The molecule has 0 saturated carbocycles. The van der Waals surface area contributed by atoms with Gasteiger partial charge in [0.05, 0.1) is 23.7 Å². The van der Waals surface area contributed by atoms with Gasteiger partial charge in [-0.2, -0.15) is 0 Å². The molecule has 1 aromatic heterocycles. The van der Waals surface area contributed by atoms with Gasteiger partial charge < -0.3 is 14.7 Å². The second kappa shape index (κ2) is 7.80. The van der Waals surface area contributed by atoms with E-state index in [1.54, 1.807) is 20.0 Å². The van der Waals surface area contributed by atoms with Gasteiger partial charge in [-0.1, -0.05) is 39.1 Å². The summed E-state index contributed by atoms with van der Waals surface area (Å²) in [5.41, 5.74) is 2.11. The molecular weight excluding hydrogens is 410 g/mol. The Kier molecular flexibility index (Phi) is 5.47. The van der Waals surface area contributed by atoms with E-state index in [9.17, 15) is 9.59 Å². The van der Waals surface area contributed by atoms with Crippen molar-refractivity contribution in [3.8, 4) is 23.6 Å². The molecule has 0 radical (unpaired) electrons. The van der Waals surface area contributed by atoms with Crippen LogP contribution in [0.5, 0.6) is 0 Å². The molecule has 1 aliphatic rings. The summed E-state index contributed by atoms with van der Waals surface area (Å²) in [7, 11) is 1.62. The van der Waals surface area contributed by atoms with Crippen molar-refractivity contribution in [3.63, 3.8) is 0 Å². The lowest BCUT2D eigenvalue weighted by Crippen LogP contribution is -2.32. The topological polar surface area (TPSA) is 75.4 Å². The number of nitrogens with one attached hydrogen (secondary N) is 1. The van der Waals surface area contributed by atoms with Gasteiger partial charge in [-0.25, -0.2) is 0 Å². The van der Waals surface area contributed by atoms with Gasteiger partial charge in [-0.05, 0) is 25.1 Å². The summed E-state index contributed by atoms with van der Waals surface area (Å²) in [5, 5.41) is 7.06. The zero-order valence-electron chi connectivity index (χ0n) is 15.0. The van der Waals surface area contributed by atoms with Crippen LogP contribution in [0.2, 0.25) is 0 Å². The molecule has 1 aromatic carbocycles. The van der Waals surface area contributed by atoms with Crippen LogP contribution in [0.15, 0.2) is 45.0 Å². The highest BCUT2D eigenvalue weighted by molar-refractivity contribution is 9.10. The van der Waals surface area contributed by atoms with Crippen molar-refractivity contribution < 1.29 is 14.1 Å². The van der Waals surface area contributed by atoms with E-state index in [-0.39, 0.29) is 18.2 Å². The number of halogens is 1. The number of hydrogen-bond acceptors (Lipinski definition) is 5. The summed E-state index contributed by atoms with van der Waals surface area (Å²) in [6.45, 7) is 2.25. The lowest BCUT2D eigenvalue weighted by Gasteiger charge is -2.14. The largest absolute Gasteiger partial charge is 0.380 e. The van der Waals surface area contributed by atoms with Crippen LogP contribution in [0, 0.1) is 25.2 Å². The number of rotatable bonds is 5. The standard InChI is InChI=1S/C20H18BrN3O3/c1-4-9-24(3)20(26)16-10-14(11-22-16)19(25)17-12(2)27-23-18(17)13-5-7-15(21)8-6-13/h1,5-8,10,14,22H,9,11H2,2-3H3. The van der Waals surface area contributed by atoms with Crippen molar-refractivity contribution in [1.29, 1.82) is 0 Å². The van der Waals surface area contributed by atoms with Crippen molar-refractivity contribution in [3.05, 3.63) is 51.8 Å². The molecule has 2 heterocycles. The summed E-state index contributed by atoms with van der Waals surface area (Å²) in [4.78, 5) is 26.9. The molecule has 0 aliphatic carbocycles. The second-order valence-corrected chi connectivity index (χ2v) is 7.18. The number of aromatic nitrogens is 1. The van der Waals surface area contributed by atoms with Crippen molar-refractivity contribution >= 4 is 27.6 Å². The Bertz CT molecular complexity index is 954. The molecular formula is C20H18BrN3O3. The first-order valence-electron chi connectivity index (χ1n) is 8.33. The van der Waals surface area contributed by atoms with Crippen LogP contribution in [0.1, 0.15) is 16.1 Å². The minimum atomic E-state index is -0.476. The van der Waals surface area contributed by atoms with Gasteiger partial charge in [0.1, 0.15) is 11.5 Å². The number of carbonyl (C=O) groups excluding carboxylic acids is 2. The summed E-state index contributed by atoms with van der Waals surface area (Å²) < 4.78 is 6.22. The van der Waals surface area contributed by atoms with Gasteiger partial charge in [-0.3, -0.25) is 9.59 Å². The maximum absolute atomic E-state index is 13.1. The Morgan fingerprint density at radius 3 is 2.78 bits per heavy atom. The highest BCUT2D eigenvalue weighted by Crippen LogP contribution is 2.30. The van der Waals surface area contributed by atoms with E-state index >= 15 is 0 Å². The molecule has 1 N–H and O–H groups in total. The molecule has 1 aliphatic heterocycles. The van der Waals surface area contributed by atoms with Gasteiger partial charge >= 0.3 is 0 Å². The second-order valence-electron chi connectivity index (χ2n) is 6.27. The minimum absolute atomic E-state index is 0.137. The molecule has 3 rings (SSSR count). The Morgan fingerprint density at radius 2 is 2.11 bits per heavy atom. The number of carbonyl (C=O) groups is 2. The smallest absolute Gasteiger partial charge is 0.270 e. The normalized spacial score (nSPS) is 15.6. The average molecular weight is 428 g/mol. The number of amides is 1. The zero-order valence-corrected chi connectivity index (χ0v) is 16.5. The predicted octanol–water partition coefficient (Wildman–Crippen LogP) is 2.79. The number of ketones is 1. The fourth-order valence-corrected chi connectivity index (χ4v) is 3.19. The molecule has 0 spiro atoms. The molecule has 138 valence electrons. The van der Waals surface area contributed by atoms with Crippen molar-refractivity contribution in [1.82, 2.24) is 15.4 Å². The molecule has 6 nitrogen and oxygen atoms in total. The predicted molar refractivity (Wildman–Crippen MR) is 105 cm³/mol. The molecule has 0 fully saturated rings. The number of Topliss-reactive ketones (excluding diaryl/α,β-unsaturated/α-hetero) is 1. The maximum atomic E-state index is 13.1. The minimum Gasteiger partial charge on any atom is -0.380 e. The van der Waals surface area contributed by atoms with E-state index < -0.39 is 5.92 Å². The number of hydrogen-bond donors (Lipinski definition) is 1. The number of terminal acetylenes is 1. The zero-order chi connectivity index (χ0) is 19.6. The van der Waals surface area contributed by atoms with Crippen LogP contribution < -0.4 is 5.32 Å². The Hall–Kier alpha value is -2.85. The van der Waals surface area contributed by atoms with Crippen molar-refractivity contribution in [2.75, 3.05) is 20.1 Å². The lowest BCUT2D eigenvalue weighted by molar-refractivity contribution is -0.125. The third-order valence-corrected chi connectivity index (χ3v) is 4.88. The average Bonchev–Trinajstić information content (AvgIpc) is 3.28. The summed E-state index contributed by atoms with van der Waals surface area (Å²) in [6, 6.07) is 7.49. The van der Waals surface area contributed by atoms with Gasteiger partial charge in [0.15, 0.2) is 5.78 Å². The van der Waals surface area contributed by atoms with E-state index in [0.717, 1.165) is 10.0 Å². The molecule has 0 bridgehead atoms. The molecule has 1 unspecified atom stereocenters. The highest BCUT2D eigenvalue weighted by atomic mass is 79.9. The van der Waals surface area contributed by atoms with Crippen LogP contribution in [-0.2, 0) is 4.79 Å². The van der Waals surface area contributed by atoms with E-state index in [1.165, 1.54) is 4.90 Å². The number of nitrogens with zero attached hydrogens (tertiary/aromatic N) is 2. The first-order chi connectivity index (χ1) is 12.9. The summed E-state index contributed by atoms with van der Waals surface area (Å²) in [6.07, 6.45) is 6.89. The van der Waals surface area contributed by atoms with E-state index in [0.29, 0.717) is 29.3 Å². The van der Waals surface area contributed by atoms with E-state index in [1.807, 2.05) is 24.3 Å². The summed E-state index contributed by atoms with van der Waals surface area (Å²) in [5.74, 6) is 2.03. The number of benzene rings is 1. The Balaban J connectivity index is 1.87. The lowest BCUT2D eigenvalue weighted by atomic mass is 9.94. The molecule has 2 aromatic rings. The third kappa shape index (κ3) is 3.81. The SMILES string of the molecule is C#CCN(C)C(=O)C1=CC(C(=O)c2c(-c3ccc(Br)cc3)noc2C)CN1. The molecule has 7 heteroatoms. The number of likely N-dealkylation sites (N-methyl/N-ethyl adjacent to an activating group) is 1. The first-order valence-corrected chi connectivity index (χ1v) is 9.12. The summed E-state index contributed by atoms with van der Waals surface area (Å²) >= 11 is 3.39. The molecule has 1 amide bonds. The van der Waals surface area contributed by atoms with Crippen LogP contribution in [-0.4, -0.2) is 41.9 Å².